The van der Waals surface area contributed by atoms with E-state index < -0.39 is 0 Å². The van der Waals surface area contributed by atoms with Gasteiger partial charge in [-0.1, -0.05) is 30.3 Å². The maximum Gasteiger partial charge on any atom is 0.218 e. The minimum Gasteiger partial charge on any atom is -0.487 e. The summed E-state index contributed by atoms with van der Waals surface area (Å²) in [7, 11) is 1.67. The van der Waals surface area contributed by atoms with Gasteiger partial charge in [0.25, 0.3) is 0 Å². The number of hydrogen-bond acceptors (Lipinski definition) is 4. The molecule has 25 heavy (non-hydrogen) atoms. The monoisotopic (exact) mass is 334 g/mol. The Morgan fingerprint density at radius 1 is 1.00 bits per heavy atom. The maximum atomic E-state index is 5.75. The van der Waals surface area contributed by atoms with Crippen LogP contribution in [0.3, 0.4) is 0 Å². The summed E-state index contributed by atoms with van der Waals surface area (Å²) in [6.45, 7) is 0.825. The highest BCUT2D eigenvalue weighted by molar-refractivity contribution is 5.77. The van der Waals surface area contributed by atoms with Crippen LogP contribution in [-0.2, 0) is 18.1 Å². The highest BCUT2D eigenvalue weighted by Crippen LogP contribution is 2.19. The maximum absolute atomic E-state index is 5.75. The fourth-order valence-corrected chi connectivity index (χ4v) is 2.74. The summed E-state index contributed by atoms with van der Waals surface area (Å²) in [5.41, 5.74) is 2.78. The van der Waals surface area contributed by atoms with Gasteiger partial charge in [0.2, 0.25) is 5.95 Å². The molecule has 2 aromatic carbocycles. The van der Waals surface area contributed by atoms with Crippen molar-refractivity contribution < 1.29 is 9.47 Å². The molecule has 0 aliphatic rings. The molecule has 0 atom stereocenters. The molecule has 6 nitrogen and oxygen atoms in total. The summed E-state index contributed by atoms with van der Waals surface area (Å²) in [5, 5.41) is 0. The summed E-state index contributed by atoms with van der Waals surface area (Å²) >= 11 is 0. The predicted molar refractivity (Wildman–Crippen MR) is 94.6 cm³/mol. The predicted octanol–water partition coefficient (Wildman–Crippen LogP) is 3.40. The van der Waals surface area contributed by atoms with Crippen molar-refractivity contribution in [3.8, 4) is 11.7 Å². The number of nitrogens with zero attached hydrogens (tertiary/aromatic N) is 4. The molecule has 0 spiro atoms. The molecular weight excluding hydrogens is 316 g/mol. The van der Waals surface area contributed by atoms with Gasteiger partial charge in [-0.15, -0.1) is 0 Å². The molecule has 0 unspecified atom stereocenters. The van der Waals surface area contributed by atoms with E-state index in [1.165, 1.54) is 0 Å². The first-order valence-electron chi connectivity index (χ1n) is 8.00. The highest BCUT2D eigenvalue weighted by Gasteiger charge is 2.12. The van der Waals surface area contributed by atoms with Gasteiger partial charge in [-0.2, -0.15) is 0 Å². The first-order chi connectivity index (χ1) is 12.3. The summed E-state index contributed by atoms with van der Waals surface area (Å²) in [6.07, 6.45) is 3.67. The third-order valence-corrected chi connectivity index (χ3v) is 3.89. The average molecular weight is 334 g/mol. The van der Waals surface area contributed by atoms with Crippen molar-refractivity contribution >= 4 is 11.0 Å². The number of ether oxygens (including phenoxy) is 2. The van der Waals surface area contributed by atoms with Crippen LogP contribution in [-0.4, -0.2) is 26.2 Å². The summed E-state index contributed by atoms with van der Waals surface area (Å²) < 4.78 is 15.0. The summed E-state index contributed by atoms with van der Waals surface area (Å²) in [5.74, 6) is 1.59. The Balaban J connectivity index is 1.61. The van der Waals surface area contributed by atoms with Gasteiger partial charge in [0.1, 0.15) is 25.4 Å². The van der Waals surface area contributed by atoms with E-state index in [0.29, 0.717) is 13.3 Å². The average Bonchev–Trinajstić information content (AvgIpc) is 3.26. The molecule has 0 N–H and O–H groups in total. The standard InChI is InChI=1S/C19H18N4O2/c1-24-14-23-18-10-6-5-9-17(18)21-19(23)22-11-15(20-13-22)12-25-16-7-3-2-4-8-16/h2-11,13H,12,14H2,1H3. The molecule has 4 aromatic rings. The molecule has 0 saturated carbocycles. The van der Waals surface area contributed by atoms with E-state index in [1.807, 2.05) is 69.9 Å². The van der Waals surface area contributed by atoms with E-state index in [0.717, 1.165) is 28.4 Å². The highest BCUT2D eigenvalue weighted by atomic mass is 16.5. The summed E-state index contributed by atoms with van der Waals surface area (Å²) in [6, 6.07) is 17.7. The van der Waals surface area contributed by atoms with Gasteiger partial charge in [-0.05, 0) is 24.3 Å². The zero-order chi connectivity index (χ0) is 17.1. The van der Waals surface area contributed by atoms with E-state index >= 15 is 0 Å². The molecule has 0 aliphatic carbocycles. The van der Waals surface area contributed by atoms with Gasteiger partial charge >= 0.3 is 0 Å². The van der Waals surface area contributed by atoms with E-state index in [9.17, 15) is 0 Å². The van der Waals surface area contributed by atoms with Crippen LogP contribution in [0.5, 0.6) is 5.75 Å². The topological polar surface area (TPSA) is 54.1 Å². The lowest BCUT2D eigenvalue weighted by molar-refractivity contribution is 0.134. The lowest BCUT2D eigenvalue weighted by Gasteiger charge is -2.07. The van der Waals surface area contributed by atoms with E-state index in [4.69, 9.17) is 14.5 Å². The minimum absolute atomic E-state index is 0.404. The van der Waals surface area contributed by atoms with Crippen molar-refractivity contribution in [1.29, 1.82) is 0 Å². The second-order valence-corrected chi connectivity index (χ2v) is 5.62. The normalized spacial score (nSPS) is 11.1. The van der Waals surface area contributed by atoms with Crippen LogP contribution in [0.15, 0.2) is 67.1 Å². The Labute approximate surface area is 145 Å². The van der Waals surface area contributed by atoms with Crippen molar-refractivity contribution in [3.05, 3.63) is 72.8 Å². The molecular formula is C19H18N4O2. The minimum atomic E-state index is 0.404. The van der Waals surface area contributed by atoms with Gasteiger partial charge in [0.15, 0.2) is 0 Å². The lowest BCUT2D eigenvalue weighted by atomic mass is 10.3. The quantitative estimate of drug-likeness (QED) is 0.542. The first kappa shape index (κ1) is 15.4. The number of rotatable bonds is 6. The fraction of sp³-hybridized carbons (Fsp3) is 0.158. The Hall–Kier alpha value is -3.12. The van der Waals surface area contributed by atoms with E-state index in [-0.39, 0.29) is 0 Å². The number of methoxy groups -OCH3 is 1. The molecule has 2 aromatic heterocycles. The number of aromatic nitrogens is 4. The number of benzene rings is 2. The second-order valence-electron chi connectivity index (χ2n) is 5.62. The number of hydrogen-bond donors (Lipinski definition) is 0. The van der Waals surface area contributed by atoms with Crippen LogP contribution in [0.1, 0.15) is 5.69 Å². The molecule has 0 radical (unpaired) electrons. The van der Waals surface area contributed by atoms with Crippen LogP contribution < -0.4 is 4.74 Å². The van der Waals surface area contributed by atoms with Crippen molar-refractivity contribution in [2.75, 3.05) is 7.11 Å². The molecule has 0 saturated heterocycles. The van der Waals surface area contributed by atoms with Gasteiger partial charge in [-0.3, -0.25) is 9.13 Å². The smallest absolute Gasteiger partial charge is 0.218 e. The van der Waals surface area contributed by atoms with Gasteiger partial charge in [0.05, 0.1) is 16.7 Å². The Morgan fingerprint density at radius 2 is 1.80 bits per heavy atom. The largest absolute Gasteiger partial charge is 0.487 e. The van der Waals surface area contributed by atoms with Crippen LogP contribution in [0.2, 0.25) is 0 Å². The van der Waals surface area contributed by atoms with Crippen molar-refractivity contribution in [3.63, 3.8) is 0 Å². The molecule has 0 aliphatic heterocycles. The molecule has 4 rings (SSSR count). The van der Waals surface area contributed by atoms with Crippen molar-refractivity contribution in [2.45, 2.75) is 13.3 Å². The number of fused-ring (bicyclic) bond motifs is 1. The Kier molecular flexibility index (Phi) is 4.18. The lowest BCUT2D eigenvalue weighted by Crippen LogP contribution is -2.07. The zero-order valence-electron chi connectivity index (χ0n) is 13.9. The molecule has 126 valence electrons. The van der Waals surface area contributed by atoms with Crippen LogP contribution in [0.25, 0.3) is 17.0 Å². The third kappa shape index (κ3) is 3.12. The van der Waals surface area contributed by atoms with Crippen LogP contribution >= 0.6 is 0 Å². The van der Waals surface area contributed by atoms with E-state index in [2.05, 4.69) is 4.98 Å². The SMILES string of the molecule is COCn1c(-n2cnc(COc3ccccc3)c2)nc2ccccc21. The fourth-order valence-electron chi connectivity index (χ4n) is 2.74. The second kappa shape index (κ2) is 6.78. The molecule has 0 fully saturated rings. The Bertz CT molecular complexity index is 975. The Morgan fingerprint density at radius 3 is 2.64 bits per heavy atom. The molecule has 2 heterocycles. The van der Waals surface area contributed by atoms with E-state index in [1.54, 1.807) is 13.4 Å². The number of imidazole rings is 2. The number of para-hydroxylation sites is 3. The molecule has 0 bridgehead atoms. The van der Waals surface area contributed by atoms with Gasteiger partial charge in [0, 0.05) is 13.3 Å². The molecule has 6 heteroatoms. The van der Waals surface area contributed by atoms with Gasteiger partial charge < -0.3 is 9.47 Å². The van der Waals surface area contributed by atoms with Gasteiger partial charge in [-0.25, -0.2) is 9.97 Å². The zero-order valence-corrected chi connectivity index (χ0v) is 13.9. The first-order valence-corrected chi connectivity index (χ1v) is 8.00. The van der Waals surface area contributed by atoms with Crippen molar-refractivity contribution in [1.82, 2.24) is 19.1 Å². The van der Waals surface area contributed by atoms with Crippen LogP contribution in [0.4, 0.5) is 0 Å². The molecule has 0 amide bonds. The summed E-state index contributed by atoms with van der Waals surface area (Å²) in [4.78, 5) is 9.12. The third-order valence-electron chi connectivity index (χ3n) is 3.89. The van der Waals surface area contributed by atoms with Crippen molar-refractivity contribution in [2.24, 2.45) is 0 Å². The van der Waals surface area contributed by atoms with Crippen LogP contribution in [0, 0.1) is 0 Å².